The minimum atomic E-state index is -4.66. The van der Waals surface area contributed by atoms with Gasteiger partial charge in [0, 0.05) is 6.07 Å². The number of carbonyl (C=O) groups is 1. The number of benzene rings is 2. The van der Waals surface area contributed by atoms with Gasteiger partial charge in [0.2, 0.25) is 0 Å². The molecule has 2 aromatic carbocycles. The topological polar surface area (TPSA) is 81.5 Å². The first-order chi connectivity index (χ1) is 11.2. The molecule has 0 amide bonds. The third-order valence-corrected chi connectivity index (χ3v) is 3.12. The Balaban J connectivity index is 2.53. The molecule has 24 heavy (non-hydrogen) atoms. The van der Waals surface area contributed by atoms with Crippen molar-refractivity contribution in [3.8, 4) is 0 Å². The molecule has 0 saturated carbocycles. The van der Waals surface area contributed by atoms with Gasteiger partial charge in [-0.3, -0.25) is 10.1 Å². The van der Waals surface area contributed by atoms with Crippen LogP contribution >= 0.6 is 0 Å². The van der Waals surface area contributed by atoms with E-state index in [4.69, 9.17) is 0 Å². The van der Waals surface area contributed by atoms with E-state index in [1.165, 1.54) is 24.3 Å². The van der Waals surface area contributed by atoms with Crippen molar-refractivity contribution in [1.29, 1.82) is 0 Å². The zero-order valence-electron chi connectivity index (χ0n) is 12.3. The highest BCUT2D eigenvalue weighted by atomic mass is 19.4. The number of rotatable bonds is 4. The molecule has 9 heteroatoms. The predicted octanol–water partition coefficient (Wildman–Crippen LogP) is 4.14. The number of nitrogens with zero attached hydrogens (tertiary/aromatic N) is 1. The van der Waals surface area contributed by atoms with E-state index < -0.39 is 28.3 Å². The SMILES string of the molecule is COC(=O)c1ccccc1Nc1cc(C(F)(F)F)ccc1[N+](=O)[O-]. The molecule has 0 atom stereocenters. The fourth-order valence-electron chi connectivity index (χ4n) is 2.00. The molecule has 0 fully saturated rings. The number of esters is 1. The lowest BCUT2D eigenvalue weighted by molar-refractivity contribution is -0.384. The van der Waals surface area contributed by atoms with Crippen molar-refractivity contribution < 1.29 is 27.6 Å². The molecule has 2 rings (SSSR count). The Kier molecular flexibility index (Phi) is 4.72. The van der Waals surface area contributed by atoms with E-state index in [9.17, 15) is 28.1 Å². The second-order valence-corrected chi connectivity index (χ2v) is 4.65. The summed E-state index contributed by atoms with van der Waals surface area (Å²) in [6.07, 6.45) is -4.66. The molecule has 0 bridgehead atoms. The van der Waals surface area contributed by atoms with E-state index in [-0.39, 0.29) is 16.9 Å². The highest BCUT2D eigenvalue weighted by molar-refractivity contribution is 5.96. The number of carbonyl (C=O) groups excluding carboxylic acids is 1. The van der Waals surface area contributed by atoms with E-state index in [0.29, 0.717) is 12.1 Å². The van der Waals surface area contributed by atoms with Crippen molar-refractivity contribution >= 4 is 23.0 Å². The Morgan fingerprint density at radius 1 is 1.17 bits per heavy atom. The Morgan fingerprint density at radius 3 is 2.42 bits per heavy atom. The van der Waals surface area contributed by atoms with Crippen LogP contribution in [0.1, 0.15) is 15.9 Å². The Bertz CT molecular complexity index is 791. The Labute approximate surface area is 134 Å². The van der Waals surface area contributed by atoms with Crippen LogP contribution in [0.25, 0.3) is 0 Å². The lowest BCUT2D eigenvalue weighted by Crippen LogP contribution is -2.09. The minimum absolute atomic E-state index is 0.0340. The van der Waals surface area contributed by atoms with Gasteiger partial charge in [0.25, 0.3) is 5.69 Å². The number of nitrogens with one attached hydrogen (secondary N) is 1. The predicted molar refractivity (Wildman–Crippen MR) is 79.2 cm³/mol. The van der Waals surface area contributed by atoms with Crippen molar-refractivity contribution in [1.82, 2.24) is 0 Å². The van der Waals surface area contributed by atoms with Crippen LogP contribution in [-0.2, 0) is 10.9 Å². The van der Waals surface area contributed by atoms with Gasteiger partial charge in [0.1, 0.15) is 5.69 Å². The number of methoxy groups -OCH3 is 1. The summed E-state index contributed by atoms with van der Waals surface area (Å²) in [6.45, 7) is 0. The van der Waals surface area contributed by atoms with Crippen LogP contribution in [0.15, 0.2) is 42.5 Å². The molecule has 0 radical (unpaired) electrons. The molecule has 6 nitrogen and oxygen atoms in total. The number of alkyl halides is 3. The average Bonchev–Trinajstić information content (AvgIpc) is 2.53. The normalized spacial score (nSPS) is 11.0. The quantitative estimate of drug-likeness (QED) is 0.514. The number of anilines is 2. The maximum absolute atomic E-state index is 12.8. The second kappa shape index (κ2) is 6.57. The van der Waals surface area contributed by atoms with Crippen LogP contribution in [0.5, 0.6) is 0 Å². The van der Waals surface area contributed by atoms with E-state index in [0.717, 1.165) is 13.2 Å². The summed E-state index contributed by atoms with van der Waals surface area (Å²) in [5, 5.41) is 13.5. The summed E-state index contributed by atoms with van der Waals surface area (Å²) in [5.74, 6) is -0.729. The minimum Gasteiger partial charge on any atom is -0.465 e. The zero-order valence-corrected chi connectivity index (χ0v) is 12.3. The molecule has 0 spiro atoms. The Morgan fingerprint density at radius 2 is 1.83 bits per heavy atom. The van der Waals surface area contributed by atoms with Crippen LogP contribution in [0.2, 0.25) is 0 Å². The molecular weight excluding hydrogens is 329 g/mol. The first kappa shape index (κ1) is 17.3. The average molecular weight is 340 g/mol. The van der Waals surface area contributed by atoms with Crippen LogP contribution in [0, 0.1) is 10.1 Å². The molecule has 126 valence electrons. The van der Waals surface area contributed by atoms with Gasteiger partial charge in [0.15, 0.2) is 0 Å². The third kappa shape index (κ3) is 3.62. The monoisotopic (exact) mass is 340 g/mol. The summed E-state index contributed by atoms with van der Waals surface area (Å²) < 4.78 is 43.1. The van der Waals surface area contributed by atoms with E-state index in [1.54, 1.807) is 0 Å². The van der Waals surface area contributed by atoms with Crippen LogP contribution in [-0.4, -0.2) is 18.0 Å². The number of nitro groups is 1. The van der Waals surface area contributed by atoms with Gasteiger partial charge < -0.3 is 10.1 Å². The summed E-state index contributed by atoms with van der Waals surface area (Å²) in [7, 11) is 1.14. The molecule has 2 aromatic rings. The summed E-state index contributed by atoms with van der Waals surface area (Å²) >= 11 is 0. The first-order valence-corrected chi connectivity index (χ1v) is 6.54. The fraction of sp³-hybridized carbons (Fsp3) is 0.133. The van der Waals surface area contributed by atoms with Gasteiger partial charge >= 0.3 is 12.1 Å². The summed E-state index contributed by atoms with van der Waals surface area (Å²) in [4.78, 5) is 21.9. The molecule has 0 saturated heterocycles. The number of ether oxygens (including phenoxy) is 1. The molecule has 1 N–H and O–H groups in total. The van der Waals surface area contributed by atoms with Gasteiger partial charge in [-0.15, -0.1) is 0 Å². The van der Waals surface area contributed by atoms with Crippen LogP contribution in [0.4, 0.5) is 30.2 Å². The zero-order chi connectivity index (χ0) is 17.9. The molecular formula is C15H11F3N2O4. The fourth-order valence-corrected chi connectivity index (χ4v) is 2.00. The number of hydrogen-bond donors (Lipinski definition) is 1. The van der Waals surface area contributed by atoms with Gasteiger partial charge in [-0.05, 0) is 24.3 Å². The van der Waals surface area contributed by atoms with Crippen molar-refractivity contribution in [3.63, 3.8) is 0 Å². The van der Waals surface area contributed by atoms with Gasteiger partial charge in [-0.2, -0.15) is 13.2 Å². The van der Waals surface area contributed by atoms with Crippen LogP contribution < -0.4 is 5.32 Å². The van der Waals surface area contributed by atoms with Crippen molar-refractivity contribution in [2.75, 3.05) is 12.4 Å². The molecule has 0 aliphatic rings. The molecule has 0 unspecified atom stereocenters. The van der Waals surface area contributed by atoms with E-state index in [1.807, 2.05) is 0 Å². The number of para-hydroxylation sites is 1. The lowest BCUT2D eigenvalue weighted by Gasteiger charge is -2.13. The maximum atomic E-state index is 12.8. The highest BCUT2D eigenvalue weighted by Gasteiger charge is 2.32. The highest BCUT2D eigenvalue weighted by Crippen LogP contribution is 2.36. The molecule has 0 aliphatic heterocycles. The second-order valence-electron chi connectivity index (χ2n) is 4.65. The first-order valence-electron chi connectivity index (χ1n) is 6.54. The molecule has 0 aliphatic carbocycles. The number of hydrogen-bond acceptors (Lipinski definition) is 5. The summed E-state index contributed by atoms with van der Waals surface area (Å²) in [6, 6.07) is 7.82. The number of nitro benzene ring substituents is 1. The largest absolute Gasteiger partial charge is 0.465 e. The standard InChI is InChI=1S/C15H11F3N2O4/c1-24-14(21)10-4-2-3-5-11(10)19-12-8-9(15(16,17)18)6-7-13(12)20(22)23/h2-8,19H,1H3. The number of halogens is 3. The van der Waals surface area contributed by atoms with Gasteiger partial charge in [-0.1, -0.05) is 12.1 Å². The molecule has 0 heterocycles. The van der Waals surface area contributed by atoms with Crippen molar-refractivity contribution in [3.05, 3.63) is 63.7 Å². The molecule has 0 aromatic heterocycles. The van der Waals surface area contributed by atoms with Crippen molar-refractivity contribution in [2.45, 2.75) is 6.18 Å². The lowest BCUT2D eigenvalue weighted by atomic mass is 10.1. The van der Waals surface area contributed by atoms with Crippen LogP contribution in [0.3, 0.4) is 0 Å². The van der Waals surface area contributed by atoms with Gasteiger partial charge in [0.05, 0.1) is 28.8 Å². The third-order valence-electron chi connectivity index (χ3n) is 3.12. The van der Waals surface area contributed by atoms with Crippen molar-refractivity contribution in [2.24, 2.45) is 0 Å². The summed E-state index contributed by atoms with van der Waals surface area (Å²) in [5.41, 5.74) is -1.86. The van der Waals surface area contributed by atoms with E-state index >= 15 is 0 Å². The Hall–Kier alpha value is -3.10. The smallest absolute Gasteiger partial charge is 0.416 e. The van der Waals surface area contributed by atoms with Gasteiger partial charge in [-0.25, -0.2) is 4.79 Å². The van der Waals surface area contributed by atoms with E-state index in [2.05, 4.69) is 10.1 Å². The maximum Gasteiger partial charge on any atom is 0.416 e.